The minimum absolute atomic E-state index is 0.118. The first-order valence-electron chi connectivity index (χ1n) is 17.7. The lowest BCUT2D eigenvalue weighted by Gasteiger charge is -2.21. The predicted octanol–water partition coefficient (Wildman–Crippen LogP) is 12.4. The van der Waals surface area contributed by atoms with Crippen LogP contribution >= 0.6 is 0 Å². The highest BCUT2D eigenvalue weighted by molar-refractivity contribution is 6.08. The van der Waals surface area contributed by atoms with Crippen LogP contribution in [0.4, 0.5) is 0 Å². The van der Waals surface area contributed by atoms with Gasteiger partial charge in [-0.1, -0.05) is 147 Å². The van der Waals surface area contributed by atoms with E-state index in [1.807, 2.05) is 72.8 Å². The molecule has 0 fully saturated rings. The number of aromatic nitrogens is 3. The second-order valence-electron chi connectivity index (χ2n) is 14.1. The van der Waals surface area contributed by atoms with Gasteiger partial charge >= 0.3 is 0 Å². The first kappa shape index (κ1) is 30.2. The fourth-order valence-corrected chi connectivity index (χ4v) is 7.78. The Labute approximate surface area is 302 Å². The van der Waals surface area contributed by atoms with E-state index in [2.05, 4.69) is 105 Å². The van der Waals surface area contributed by atoms with Crippen LogP contribution < -0.4 is 0 Å². The van der Waals surface area contributed by atoms with Crippen molar-refractivity contribution in [1.82, 2.24) is 15.0 Å². The molecule has 52 heavy (non-hydrogen) atoms. The molecule has 0 saturated heterocycles. The van der Waals surface area contributed by atoms with E-state index < -0.39 is 0 Å². The fraction of sp³-hybridized carbons (Fsp3) is 0.0625. The Balaban J connectivity index is 1.00. The quantitative estimate of drug-likeness (QED) is 0.183. The van der Waals surface area contributed by atoms with E-state index in [-0.39, 0.29) is 5.41 Å². The fourth-order valence-electron chi connectivity index (χ4n) is 7.78. The van der Waals surface area contributed by atoms with Crippen LogP contribution in [0.2, 0.25) is 0 Å². The Morgan fingerprint density at radius 3 is 1.56 bits per heavy atom. The molecule has 4 heteroatoms. The van der Waals surface area contributed by atoms with E-state index in [1.165, 1.54) is 38.8 Å². The lowest BCUT2D eigenvalue weighted by atomic mass is 9.82. The third-order valence-electron chi connectivity index (χ3n) is 10.5. The molecule has 0 N–H and O–H groups in total. The average molecular weight is 668 g/mol. The molecule has 0 aliphatic heterocycles. The number of benzene rings is 7. The summed E-state index contributed by atoms with van der Waals surface area (Å²) in [5.41, 5.74) is 14.5. The molecule has 1 aliphatic rings. The lowest BCUT2D eigenvalue weighted by molar-refractivity contribution is 0.647. The normalized spacial score (nSPS) is 13.0. The maximum Gasteiger partial charge on any atom is 0.164 e. The van der Waals surface area contributed by atoms with Crippen LogP contribution in [0.25, 0.3) is 89.5 Å². The van der Waals surface area contributed by atoms with Gasteiger partial charge in [0.1, 0.15) is 11.2 Å². The highest BCUT2D eigenvalue weighted by Crippen LogP contribution is 2.51. The van der Waals surface area contributed by atoms with Crippen molar-refractivity contribution in [2.24, 2.45) is 0 Å². The first-order chi connectivity index (χ1) is 25.5. The van der Waals surface area contributed by atoms with Crippen LogP contribution in [0, 0.1) is 0 Å². The molecule has 0 atom stereocenters. The number of hydrogen-bond acceptors (Lipinski definition) is 4. The summed E-state index contributed by atoms with van der Waals surface area (Å²) in [7, 11) is 0. The van der Waals surface area contributed by atoms with Gasteiger partial charge in [-0.3, -0.25) is 0 Å². The summed E-state index contributed by atoms with van der Waals surface area (Å²) in [6.45, 7) is 4.63. The molecule has 1 aliphatic carbocycles. The topological polar surface area (TPSA) is 51.8 Å². The second kappa shape index (κ2) is 11.7. The molecule has 10 rings (SSSR count). The smallest absolute Gasteiger partial charge is 0.164 e. The van der Waals surface area contributed by atoms with Crippen LogP contribution in [-0.2, 0) is 5.41 Å². The zero-order chi connectivity index (χ0) is 34.8. The summed E-state index contributed by atoms with van der Waals surface area (Å²) in [6.07, 6.45) is 0. The minimum Gasteiger partial charge on any atom is -0.456 e. The lowest BCUT2D eigenvalue weighted by Crippen LogP contribution is -2.14. The molecule has 4 nitrogen and oxygen atoms in total. The molecule has 7 aromatic carbocycles. The first-order valence-corrected chi connectivity index (χ1v) is 17.7. The van der Waals surface area contributed by atoms with E-state index in [0.29, 0.717) is 17.5 Å². The molecule has 2 heterocycles. The van der Waals surface area contributed by atoms with Crippen molar-refractivity contribution in [1.29, 1.82) is 0 Å². The van der Waals surface area contributed by atoms with Crippen LogP contribution in [0.1, 0.15) is 25.0 Å². The number of furan rings is 1. The van der Waals surface area contributed by atoms with Gasteiger partial charge in [-0.05, 0) is 74.8 Å². The standard InChI is InChI=1S/C48H33N3O/c1-48(2)41-25-24-35(27-38(41)39-28-40-37-18-9-10-19-43(37)52-44(40)29-42(39)48)31-22-20-30(21-23-31)34-16-11-17-36(26-34)47-50-45(32-12-5-3-6-13-32)49-46(51-47)33-14-7-4-8-15-33/h3-29H,1-2H3. The maximum atomic E-state index is 6.28. The van der Waals surface area contributed by atoms with Crippen molar-refractivity contribution in [3.63, 3.8) is 0 Å². The predicted molar refractivity (Wildman–Crippen MR) is 212 cm³/mol. The Kier molecular flexibility index (Phi) is 6.80. The number of nitrogens with zero attached hydrogens (tertiary/aromatic N) is 3. The third kappa shape index (κ3) is 4.95. The number of hydrogen-bond donors (Lipinski definition) is 0. The van der Waals surface area contributed by atoms with Crippen LogP contribution in [0.3, 0.4) is 0 Å². The van der Waals surface area contributed by atoms with Crippen LogP contribution in [0.5, 0.6) is 0 Å². The van der Waals surface area contributed by atoms with Crippen molar-refractivity contribution in [2.75, 3.05) is 0 Å². The van der Waals surface area contributed by atoms with Crippen molar-refractivity contribution < 1.29 is 4.42 Å². The second-order valence-corrected chi connectivity index (χ2v) is 14.1. The zero-order valence-corrected chi connectivity index (χ0v) is 28.8. The van der Waals surface area contributed by atoms with Gasteiger partial charge in [0.05, 0.1) is 0 Å². The molecule has 246 valence electrons. The van der Waals surface area contributed by atoms with Gasteiger partial charge in [-0.25, -0.2) is 15.0 Å². The van der Waals surface area contributed by atoms with E-state index in [9.17, 15) is 0 Å². The van der Waals surface area contributed by atoms with Gasteiger partial charge in [0.15, 0.2) is 17.5 Å². The monoisotopic (exact) mass is 667 g/mol. The molecule has 0 spiro atoms. The molecule has 2 aromatic heterocycles. The molecule has 0 bridgehead atoms. The van der Waals surface area contributed by atoms with Crippen LogP contribution in [-0.4, -0.2) is 15.0 Å². The molecule has 0 unspecified atom stereocenters. The van der Waals surface area contributed by atoms with Crippen LogP contribution in [0.15, 0.2) is 168 Å². The zero-order valence-electron chi connectivity index (χ0n) is 28.8. The van der Waals surface area contributed by atoms with Gasteiger partial charge in [-0.15, -0.1) is 0 Å². The van der Waals surface area contributed by atoms with E-state index >= 15 is 0 Å². The Bertz CT molecular complexity index is 2740. The van der Waals surface area contributed by atoms with Crippen molar-refractivity contribution in [3.05, 3.63) is 175 Å². The van der Waals surface area contributed by atoms with Crippen molar-refractivity contribution >= 4 is 21.9 Å². The summed E-state index contributed by atoms with van der Waals surface area (Å²) < 4.78 is 6.28. The largest absolute Gasteiger partial charge is 0.456 e. The summed E-state index contributed by atoms with van der Waals surface area (Å²) in [4.78, 5) is 14.7. The molecule has 0 saturated carbocycles. The van der Waals surface area contributed by atoms with Gasteiger partial charge in [0, 0.05) is 32.9 Å². The maximum absolute atomic E-state index is 6.28. The molecule has 9 aromatic rings. The average Bonchev–Trinajstić information content (AvgIpc) is 3.68. The Morgan fingerprint density at radius 2 is 0.885 bits per heavy atom. The van der Waals surface area contributed by atoms with Gasteiger partial charge in [-0.2, -0.15) is 0 Å². The number of para-hydroxylation sites is 1. The Hall–Kier alpha value is -6.65. The third-order valence-corrected chi connectivity index (χ3v) is 10.5. The minimum atomic E-state index is -0.118. The van der Waals surface area contributed by atoms with Crippen molar-refractivity contribution in [3.8, 4) is 67.5 Å². The molecular formula is C48H33N3O. The molecule has 0 amide bonds. The van der Waals surface area contributed by atoms with E-state index in [4.69, 9.17) is 19.4 Å². The van der Waals surface area contributed by atoms with Gasteiger partial charge in [0.2, 0.25) is 0 Å². The highest BCUT2D eigenvalue weighted by atomic mass is 16.3. The Morgan fingerprint density at radius 1 is 0.365 bits per heavy atom. The number of fused-ring (bicyclic) bond motifs is 6. The highest BCUT2D eigenvalue weighted by Gasteiger charge is 2.36. The molecule has 0 radical (unpaired) electrons. The number of rotatable bonds is 5. The van der Waals surface area contributed by atoms with Gasteiger partial charge < -0.3 is 4.42 Å². The van der Waals surface area contributed by atoms with Crippen molar-refractivity contribution in [2.45, 2.75) is 19.3 Å². The van der Waals surface area contributed by atoms with E-state index in [0.717, 1.165) is 44.4 Å². The summed E-state index contributed by atoms with van der Waals surface area (Å²) in [6, 6.07) is 57.3. The summed E-state index contributed by atoms with van der Waals surface area (Å²) in [5, 5.41) is 2.32. The van der Waals surface area contributed by atoms with Gasteiger partial charge in [0.25, 0.3) is 0 Å². The SMILES string of the molecule is CC1(C)c2ccc(-c3ccc(-c4cccc(-c5nc(-c6ccccc6)nc(-c6ccccc6)n5)c4)cc3)cc2-c2cc3c(cc21)oc1ccccc13. The summed E-state index contributed by atoms with van der Waals surface area (Å²) in [5.74, 6) is 1.96. The summed E-state index contributed by atoms with van der Waals surface area (Å²) >= 11 is 0. The van der Waals surface area contributed by atoms with E-state index in [1.54, 1.807) is 0 Å². The molecular weight excluding hydrogens is 635 g/mol.